The Kier molecular flexibility index (Phi) is 8.07. The van der Waals surface area contributed by atoms with Crippen molar-refractivity contribution in [3.05, 3.63) is 0 Å². The van der Waals surface area contributed by atoms with E-state index in [1.807, 2.05) is 0 Å². The molecular weight excluding hydrogens is 228 g/mol. The van der Waals surface area contributed by atoms with Gasteiger partial charge in [-0.2, -0.15) is 0 Å². The Morgan fingerprint density at radius 2 is 1.62 bits per heavy atom. The van der Waals surface area contributed by atoms with Crippen LogP contribution in [0.25, 0.3) is 0 Å². The van der Waals surface area contributed by atoms with Crippen molar-refractivity contribution in [3.8, 4) is 0 Å². The molecule has 0 rings (SSSR count). The highest BCUT2D eigenvalue weighted by molar-refractivity contribution is 9.09. The quantitative estimate of drug-likeness (QED) is 0.651. The largest absolute Gasteiger partial charge is 0.396 e. The van der Waals surface area contributed by atoms with Crippen LogP contribution in [0, 0.1) is 5.41 Å². The molecule has 0 fully saturated rings. The topological polar surface area (TPSA) is 20.2 Å². The van der Waals surface area contributed by atoms with Gasteiger partial charge in [0.1, 0.15) is 0 Å². The minimum atomic E-state index is 0.343. The summed E-state index contributed by atoms with van der Waals surface area (Å²) in [5.74, 6) is 0. The van der Waals surface area contributed by atoms with E-state index in [2.05, 4.69) is 29.8 Å². The van der Waals surface area contributed by atoms with Gasteiger partial charge in [-0.25, -0.2) is 0 Å². The molecule has 0 radical (unpaired) electrons. The van der Waals surface area contributed by atoms with Crippen LogP contribution in [0.15, 0.2) is 0 Å². The van der Waals surface area contributed by atoms with Crippen molar-refractivity contribution in [2.24, 2.45) is 5.41 Å². The van der Waals surface area contributed by atoms with Gasteiger partial charge >= 0.3 is 0 Å². The van der Waals surface area contributed by atoms with Gasteiger partial charge in [-0.05, 0) is 31.1 Å². The highest BCUT2D eigenvalue weighted by atomic mass is 79.9. The Bertz CT molecular complexity index is 101. The van der Waals surface area contributed by atoms with Crippen molar-refractivity contribution in [2.75, 3.05) is 11.9 Å². The van der Waals surface area contributed by atoms with E-state index >= 15 is 0 Å². The van der Waals surface area contributed by atoms with Crippen LogP contribution in [-0.4, -0.2) is 17.0 Å². The Morgan fingerprint density at radius 3 is 2.00 bits per heavy atom. The predicted octanol–water partition coefficient (Wildman–Crippen LogP) is 3.74. The second-order valence-electron chi connectivity index (χ2n) is 3.83. The van der Waals surface area contributed by atoms with Crippen molar-refractivity contribution in [3.63, 3.8) is 0 Å². The van der Waals surface area contributed by atoms with Crippen LogP contribution in [0.3, 0.4) is 0 Å². The van der Waals surface area contributed by atoms with E-state index in [1.165, 1.54) is 32.1 Å². The molecule has 0 aromatic rings. The molecular formula is C11H23BrO. The number of aliphatic hydroxyl groups is 1. The van der Waals surface area contributed by atoms with Crippen LogP contribution >= 0.6 is 15.9 Å². The zero-order valence-electron chi connectivity index (χ0n) is 8.98. The molecule has 0 aliphatic carbocycles. The van der Waals surface area contributed by atoms with Crippen molar-refractivity contribution < 1.29 is 5.11 Å². The fourth-order valence-electron chi connectivity index (χ4n) is 1.98. The molecule has 0 unspecified atom stereocenters. The van der Waals surface area contributed by atoms with Crippen molar-refractivity contribution in [1.82, 2.24) is 0 Å². The fourth-order valence-corrected chi connectivity index (χ4v) is 2.26. The Balaban J connectivity index is 3.97. The maximum absolute atomic E-state index is 8.84. The predicted molar refractivity (Wildman–Crippen MR) is 62.4 cm³/mol. The van der Waals surface area contributed by atoms with Gasteiger partial charge in [-0.3, -0.25) is 0 Å². The first-order valence-corrected chi connectivity index (χ1v) is 6.53. The molecule has 0 saturated heterocycles. The average molecular weight is 251 g/mol. The van der Waals surface area contributed by atoms with Crippen molar-refractivity contribution in [1.29, 1.82) is 0 Å². The van der Waals surface area contributed by atoms with Crippen molar-refractivity contribution in [2.45, 2.75) is 52.4 Å². The van der Waals surface area contributed by atoms with Gasteiger partial charge in [0.2, 0.25) is 0 Å². The minimum absolute atomic E-state index is 0.343. The monoisotopic (exact) mass is 250 g/mol. The van der Waals surface area contributed by atoms with Gasteiger partial charge < -0.3 is 5.11 Å². The molecule has 1 nitrogen and oxygen atoms in total. The maximum Gasteiger partial charge on any atom is 0.0431 e. The summed E-state index contributed by atoms with van der Waals surface area (Å²) < 4.78 is 0. The summed E-state index contributed by atoms with van der Waals surface area (Å²) in [5, 5.41) is 9.94. The number of aliphatic hydroxyl groups excluding tert-OH is 1. The molecule has 13 heavy (non-hydrogen) atoms. The van der Waals surface area contributed by atoms with E-state index in [9.17, 15) is 0 Å². The number of hydrogen-bond donors (Lipinski definition) is 1. The summed E-state index contributed by atoms with van der Waals surface area (Å²) in [5.41, 5.74) is 0.497. The van der Waals surface area contributed by atoms with E-state index in [1.54, 1.807) is 0 Å². The standard InChI is InChI=1S/C11H23BrO/c1-3-11(4-2,7-5-9-12)8-6-10-13/h13H,3-10H2,1-2H3. The Labute approximate surface area is 91.1 Å². The summed E-state index contributed by atoms with van der Waals surface area (Å²) >= 11 is 3.48. The highest BCUT2D eigenvalue weighted by Gasteiger charge is 2.24. The molecule has 0 aromatic heterocycles. The van der Waals surface area contributed by atoms with E-state index in [0.29, 0.717) is 12.0 Å². The normalized spacial score (nSPS) is 12.0. The molecule has 0 bridgehead atoms. The lowest BCUT2D eigenvalue weighted by Crippen LogP contribution is -2.19. The van der Waals surface area contributed by atoms with E-state index in [4.69, 9.17) is 5.11 Å². The highest BCUT2D eigenvalue weighted by Crippen LogP contribution is 2.36. The van der Waals surface area contributed by atoms with Gasteiger partial charge in [-0.1, -0.05) is 42.6 Å². The van der Waals surface area contributed by atoms with Crippen molar-refractivity contribution >= 4 is 15.9 Å². The Hall–Kier alpha value is 0.440. The molecule has 0 amide bonds. The summed E-state index contributed by atoms with van der Waals surface area (Å²) in [6, 6.07) is 0. The Morgan fingerprint density at radius 1 is 1.08 bits per heavy atom. The van der Waals surface area contributed by atoms with Crippen LogP contribution in [0.2, 0.25) is 0 Å². The van der Waals surface area contributed by atoms with Gasteiger partial charge in [0, 0.05) is 11.9 Å². The third-order valence-electron chi connectivity index (χ3n) is 3.21. The molecule has 80 valence electrons. The molecule has 0 spiro atoms. The summed E-state index contributed by atoms with van der Waals surface area (Å²) in [6.45, 7) is 4.89. The lowest BCUT2D eigenvalue weighted by molar-refractivity contribution is 0.183. The van der Waals surface area contributed by atoms with Gasteiger partial charge in [0.15, 0.2) is 0 Å². The first kappa shape index (κ1) is 13.4. The molecule has 0 aliphatic rings. The lowest BCUT2D eigenvalue weighted by Gasteiger charge is -2.31. The summed E-state index contributed by atoms with van der Waals surface area (Å²) in [4.78, 5) is 0. The van der Waals surface area contributed by atoms with Crippen LogP contribution in [0.4, 0.5) is 0 Å². The number of rotatable bonds is 8. The molecule has 0 aliphatic heterocycles. The molecule has 0 atom stereocenters. The number of halogens is 1. The average Bonchev–Trinajstić information content (AvgIpc) is 2.20. The SMILES string of the molecule is CCC(CC)(CCCO)CCCBr. The minimum Gasteiger partial charge on any atom is -0.396 e. The lowest BCUT2D eigenvalue weighted by atomic mass is 9.75. The zero-order valence-corrected chi connectivity index (χ0v) is 10.6. The third kappa shape index (κ3) is 5.02. The number of alkyl halides is 1. The third-order valence-corrected chi connectivity index (χ3v) is 3.77. The summed E-state index contributed by atoms with van der Waals surface area (Å²) in [6.07, 6.45) is 7.19. The van der Waals surface area contributed by atoms with Gasteiger partial charge in [0.05, 0.1) is 0 Å². The van der Waals surface area contributed by atoms with Crippen LogP contribution < -0.4 is 0 Å². The second-order valence-corrected chi connectivity index (χ2v) is 4.62. The zero-order chi connectivity index (χ0) is 10.2. The first-order valence-electron chi connectivity index (χ1n) is 5.41. The molecule has 0 aromatic carbocycles. The maximum atomic E-state index is 8.84. The molecule has 0 heterocycles. The van der Waals surface area contributed by atoms with Gasteiger partial charge in [0.25, 0.3) is 0 Å². The summed E-state index contributed by atoms with van der Waals surface area (Å²) in [7, 11) is 0. The van der Waals surface area contributed by atoms with Crippen LogP contribution in [0.1, 0.15) is 52.4 Å². The smallest absolute Gasteiger partial charge is 0.0431 e. The second kappa shape index (κ2) is 7.81. The van der Waals surface area contributed by atoms with E-state index in [0.717, 1.165) is 11.8 Å². The number of hydrogen-bond acceptors (Lipinski definition) is 1. The molecule has 2 heteroatoms. The fraction of sp³-hybridized carbons (Fsp3) is 1.00. The molecule has 1 N–H and O–H groups in total. The van der Waals surface area contributed by atoms with E-state index < -0.39 is 0 Å². The van der Waals surface area contributed by atoms with Crippen LogP contribution in [-0.2, 0) is 0 Å². The van der Waals surface area contributed by atoms with Crippen LogP contribution in [0.5, 0.6) is 0 Å². The van der Waals surface area contributed by atoms with Gasteiger partial charge in [-0.15, -0.1) is 0 Å². The first-order chi connectivity index (χ1) is 6.24. The van der Waals surface area contributed by atoms with E-state index in [-0.39, 0.29) is 0 Å². The molecule has 0 saturated carbocycles.